The van der Waals surface area contributed by atoms with E-state index in [1.807, 2.05) is 31.1 Å². The molecule has 1 aromatic rings. The molecule has 4 heteroatoms. The molecule has 0 saturated heterocycles. The summed E-state index contributed by atoms with van der Waals surface area (Å²) < 4.78 is 10.9. The Kier molecular flexibility index (Phi) is 2.11. The third-order valence-corrected chi connectivity index (χ3v) is 2.17. The van der Waals surface area contributed by atoms with E-state index >= 15 is 0 Å². The van der Waals surface area contributed by atoms with Gasteiger partial charge in [0, 0.05) is 26.2 Å². The molecule has 0 fully saturated rings. The van der Waals surface area contributed by atoms with Gasteiger partial charge in [-0.3, -0.25) is 0 Å². The molecule has 2 N–H and O–H groups in total. The van der Waals surface area contributed by atoms with Gasteiger partial charge in [-0.2, -0.15) is 0 Å². The highest BCUT2D eigenvalue weighted by molar-refractivity contribution is 5.72. The van der Waals surface area contributed by atoms with E-state index in [4.69, 9.17) is 15.2 Å². The first-order valence-electron chi connectivity index (χ1n) is 4.55. The summed E-state index contributed by atoms with van der Waals surface area (Å²) in [7, 11) is 3.89. The maximum atomic E-state index is 5.87. The Balaban J connectivity index is 2.45. The van der Waals surface area contributed by atoms with Gasteiger partial charge in [0.2, 0.25) is 0 Å². The Morgan fingerprint density at radius 3 is 2.29 bits per heavy atom. The average Bonchev–Trinajstić information content (AvgIpc) is 2.16. The van der Waals surface area contributed by atoms with Crippen LogP contribution in [0, 0.1) is 0 Å². The summed E-state index contributed by atoms with van der Waals surface area (Å²) >= 11 is 0. The Morgan fingerprint density at radius 1 is 1.14 bits per heavy atom. The minimum absolute atomic E-state index is 0.591. The van der Waals surface area contributed by atoms with Crippen molar-refractivity contribution in [2.75, 3.05) is 37.9 Å². The fourth-order valence-electron chi connectivity index (χ4n) is 1.48. The molecule has 4 nitrogen and oxygen atoms in total. The molecule has 1 aliphatic rings. The highest BCUT2D eigenvalue weighted by Crippen LogP contribution is 2.37. The molecule has 2 rings (SSSR count). The second-order valence-corrected chi connectivity index (χ2v) is 3.45. The molecule has 14 heavy (non-hydrogen) atoms. The largest absolute Gasteiger partial charge is 0.486 e. The summed E-state index contributed by atoms with van der Waals surface area (Å²) in [6.45, 7) is 1.19. The number of fused-ring (bicyclic) bond motifs is 1. The number of rotatable bonds is 1. The molecule has 0 amide bonds. The van der Waals surface area contributed by atoms with E-state index < -0.39 is 0 Å². The SMILES string of the molecule is CN(C)c1cc2c(cc1N)OCCO2. The third kappa shape index (κ3) is 1.43. The molecular formula is C10H14N2O2. The van der Waals surface area contributed by atoms with Crippen molar-refractivity contribution in [3.63, 3.8) is 0 Å². The van der Waals surface area contributed by atoms with E-state index in [0.717, 1.165) is 17.2 Å². The van der Waals surface area contributed by atoms with Crippen molar-refractivity contribution in [1.82, 2.24) is 0 Å². The first kappa shape index (κ1) is 8.99. The number of nitrogen functional groups attached to an aromatic ring is 1. The zero-order valence-electron chi connectivity index (χ0n) is 8.41. The molecule has 1 heterocycles. The predicted molar refractivity (Wildman–Crippen MR) is 56.2 cm³/mol. The predicted octanol–water partition coefficient (Wildman–Crippen LogP) is 1.11. The van der Waals surface area contributed by atoms with Gasteiger partial charge >= 0.3 is 0 Å². The first-order chi connectivity index (χ1) is 6.68. The number of hydrogen-bond donors (Lipinski definition) is 1. The Labute approximate surface area is 83.2 Å². The molecule has 0 aliphatic carbocycles. The summed E-state index contributed by atoms with van der Waals surface area (Å²) in [5.41, 5.74) is 7.53. The van der Waals surface area contributed by atoms with E-state index in [1.54, 1.807) is 0 Å². The van der Waals surface area contributed by atoms with Crippen LogP contribution in [0.1, 0.15) is 0 Å². The van der Waals surface area contributed by atoms with Crippen LogP contribution in [0.2, 0.25) is 0 Å². The lowest BCUT2D eigenvalue weighted by atomic mass is 10.2. The highest BCUT2D eigenvalue weighted by atomic mass is 16.6. The highest BCUT2D eigenvalue weighted by Gasteiger charge is 2.15. The first-order valence-corrected chi connectivity index (χ1v) is 4.55. The van der Waals surface area contributed by atoms with Crippen LogP contribution in [-0.2, 0) is 0 Å². The zero-order chi connectivity index (χ0) is 10.1. The fraction of sp³-hybridized carbons (Fsp3) is 0.400. The molecule has 0 aromatic heterocycles. The number of hydrogen-bond acceptors (Lipinski definition) is 4. The zero-order valence-corrected chi connectivity index (χ0v) is 8.41. The summed E-state index contributed by atoms with van der Waals surface area (Å²) in [6.07, 6.45) is 0. The molecule has 0 saturated carbocycles. The quantitative estimate of drug-likeness (QED) is 0.680. The van der Waals surface area contributed by atoms with Gasteiger partial charge in [-0.25, -0.2) is 0 Å². The normalized spacial score (nSPS) is 13.9. The average molecular weight is 194 g/mol. The van der Waals surface area contributed by atoms with Crippen LogP contribution in [0.15, 0.2) is 12.1 Å². The number of ether oxygens (including phenoxy) is 2. The van der Waals surface area contributed by atoms with Crippen LogP contribution in [0.5, 0.6) is 11.5 Å². The molecule has 1 aromatic carbocycles. The van der Waals surface area contributed by atoms with Crippen LogP contribution in [0.4, 0.5) is 11.4 Å². The number of nitrogens with two attached hydrogens (primary N) is 1. The van der Waals surface area contributed by atoms with Gasteiger partial charge in [0.05, 0.1) is 11.4 Å². The van der Waals surface area contributed by atoms with Gasteiger partial charge in [-0.05, 0) is 0 Å². The molecule has 0 radical (unpaired) electrons. The summed E-state index contributed by atoms with van der Waals surface area (Å²) in [5, 5.41) is 0. The molecular weight excluding hydrogens is 180 g/mol. The lowest BCUT2D eigenvalue weighted by Gasteiger charge is -2.22. The maximum absolute atomic E-state index is 5.87. The molecule has 0 atom stereocenters. The van der Waals surface area contributed by atoms with Crippen LogP contribution in [-0.4, -0.2) is 27.3 Å². The van der Waals surface area contributed by atoms with Crippen molar-refractivity contribution >= 4 is 11.4 Å². The van der Waals surface area contributed by atoms with Crippen molar-refractivity contribution in [3.05, 3.63) is 12.1 Å². The lowest BCUT2D eigenvalue weighted by Crippen LogP contribution is -2.17. The van der Waals surface area contributed by atoms with E-state index in [2.05, 4.69) is 0 Å². The van der Waals surface area contributed by atoms with Gasteiger partial charge in [-0.1, -0.05) is 0 Å². The molecule has 0 bridgehead atoms. The second kappa shape index (κ2) is 3.29. The second-order valence-electron chi connectivity index (χ2n) is 3.45. The van der Waals surface area contributed by atoms with Crippen molar-refractivity contribution < 1.29 is 9.47 Å². The van der Waals surface area contributed by atoms with Gasteiger partial charge in [0.1, 0.15) is 13.2 Å². The lowest BCUT2D eigenvalue weighted by molar-refractivity contribution is 0.172. The summed E-state index contributed by atoms with van der Waals surface area (Å²) in [6, 6.07) is 3.72. The smallest absolute Gasteiger partial charge is 0.163 e. The van der Waals surface area contributed by atoms with Crippen molar-refractivity contribution in [1.29, 1.82) is 0 Å². The molecule has 76 valence electrons. The van der Waals surface area contributed by atoms with Gasteiger partial charge in [0.15, 0.2) is 11.5 Å². The number of benzene rings is 1. The molecule has 0 unspecified atom stereocenters. The Morgan fingerprint density at radius 2 is 1.71 bits per heavy atom. The molecule has 0 spiro atoms. The Hall–Kier alpha value is -1.58. The van der Waals surface area contributed by atoms with Crippen LogP contribution < -0.4 is 20.1 Å². The number of nitrogens with zero attached hydrogens (tertiary/aromatic N) is 1. The van der Waals surface area contributed by atoms with E-state index in [9.17, 15) is 0 Å². The number of anilines is 2. The van der Waals surface area contributed by atoms with Crippen molar-refractivity contribution in [3.8, 4) is 11.5 Å². The van der Waals surface area contributed by atoms with Crippen LogP contribution in [0.3, 0.4) is 0 Å². The molecule has 1 aliphatic heterocycles. The van der Waals surface area contributed by atoms with Crippen LogP contribution >= 0.6 is 0 Å². The van der Waals surface area contributed by atoms with E-state index in [0.29, 0.717) is 18.9 Å². The minimum atomic E-state index is 0.591. The van der Waals surface area contributed by atoms with E-state index in [1.165, 1.54) is 0 Å². The monoisotopic (exact) mass is 194 g/mol. The standard InChI is InChI=1S/C10H14N2O2/c1-12(2)8-6-10-9(5-7(8)11)13-3-4-14-10/h5-6H,3-4,11H2,1-2H3. The van der Waals surface area contributed by atoms with Gasteiger partial charge in [0.25, 0.3) is 0 Å². The summed E-state index contributed by atoms with van der Waals surface area (Å²) in [5.74, 6) is 1.51. The topological polar surface area (TPSA) is 47.7 Å². The Bertz CT molecular complexity index is 350. The fourth-order valence-corrected chi connectivity index (χ4v) is 1.48. The third-order valence-electron chi connectivity index (χ3n) is 2.17. The van der Waals surface area contributed by atoms with Crippen LogP contribution in [0.25, 0.3) is 0 Å². The van der Waals surface area contributed by atoms with Gasteiger partial charge in [-0.15, -0.1) is 0 Å². The minimum Gasteiger partial charge on any atom is -0.486 e. The summed E-state index contributed by atoms with van der Waals surface area (Å²) in [4.78, 5) is 1.95. The van der Waals surface area contributed by atoms with Crippen molar-refractivity contribution in [2.24, 2.45) is 0 Å². The van der Waals surface area contributed by atoms with E-state index in [-0.39, 0.29) is 0 Å². The van der Waals surface area contributed by atoms with Gasteiger partial charge < -0.3 is 20.1 Å². The van der Waals surface area contributed by atoms with Crippen molar-refractivity contribution in [2.45, 2.75) is 0 Å². The maximum Gasteiger partial charge on any atom is 0.163 e.